The maximum absolute atomic E-state index is 10.3. The van der Waals surface area contributed by atoms with Crippen LogP contribution in [0.4, 0.5) is 10.5 Å². The molecule has 0 aromatic heterocycles. The van der Waals surface area contributed by atoms with Crippen LogP contribution in [-0.4, -0.2) is 11.2 Å². The Morgan fingerprint density at radius 3 is 2.46 bits per heavy atom. The summed E-state index contributed by atoms with van der Waals surface area (Å²) >= 11 is 0. The second-order valence-corrected chi connectivity index (χ2v) is 2.84. The first-order valence-corrected chi connectivity index (χ1v) is 3.94. The molecule has 0 aliphatic rings. The van der Waals surface area contributed by atoms with E-state index in [2.05, 4.69) is 5.32 Å². The zero-order chi connectivity index (χ0) is 9.84. The number of hydrogen-bond donors (Lipinski definition) is 3. The van der Waals surface area contributed by atoms with Crippen molar-refractivity contribution in [2.75, 3.05) is 5.73 Å². The maximum Gasteiger partial charge on any atom is 0.405 e. The average molecular weight is 180 g/mol. The van der Waals surface area contributed by atoms with Gasteiger partial charge in [-0.05, 0) is 24.6 Å². The van der Waals surface area contributed by atoms with Gasteiger partial charge in [-0.3, -0.25) is 0 Å². The molecule has 0 heterocycles. The van der Waals surface area contributed by atoms with Crippen LogP contribution in [0.1, 0.15) is 18.5 Å². The highest BCUT2D eigenvalue weighted by Crippen LogP contribution is 2.13. The van der Waals surface area contributed by atoms with Gasteiger partial charge in [-0.15, -0.1) is 0 Å². The molecule has 0 bridgehead atoms. The van der Waals surface area contributed by atoms with Gasteiger partial charge < -0.3 is 16.2 Å². The third-order valence-electron chi connectivity index (χ3n) is 1.78. The molecule has 13 heavy (non-hydrogen) atoms. The highest BCUT2D eigenvalue weighted by Gasteiger charge is 2.06. The molecular weight excluding hydrogens is 168 g/mol. The SMILES string of the molecule is CC(NC(=O)O)c1ccc(N)cc1. The summed E-state index contributed by atoms with van der Waals surface area (Å²) in [5.74, 6) is 0. The van der Waals surface area contributed by atoms with E-state index in [0.29, 0.717) is 5.69 Å². The minimum Gasteiger partial charge on any atom is -0.465 e. The summed E-state index contributed by atoms with van der Waals surface area (Å²) in [6.07, 6.45) is -1.02. The van der Waals surface area contributed by atoms with Gasteiger partial charge in [0.15, 0.2) is 0 Å². The fraction of sp³-hybridized carbons (Fsp3) is 0.222. The molecule has 0 fully saturated rings. The van der Waals surface area contributed by atoms with Gasteiger partial charge in [-0.25, -0.2) is 4.79 Å². The Hall–Kier alpha value is -1.71. The normalized spacial score (nSPS) is 12.1. The number of amides is 1. The molecule has 0 aliphatic heterocycles. The van der Waals surface area contributed by atoms with E-state index in [9.17, 15) is 4.79 Å². The molecule has 1 aromatic carbocycles. The summed E-state index contributed by atoms with van der Waals surface area (Å²) in [6.45, 7) is 1.78. The van der Waals surface area contributed by atoms with Crippen LogP contribution < -0.4 is 11.1 Å². The van der Waals surface area contributed by atoms with Gasteiger partial charge in [0.2, 0.25) is 0 Å². The van der Waals surface area contributed by atoms with Crippen molar-refractivity contribution in [1.29, 1.82) is 0 Å². The third-order valence-corrected chi connectivity index (χ3v) is 1.78. The topological polar surface area (TPSA) is 75.3 Å². The summed E-state index contributed by atoms with van der Waals surface area (Å²) in [5.41, 5.74) is 7.06. The molecule has 0 radical (unpaired) electrons. The largest absolute Gasteiger partial charge is 0.465 e. The number of rotatable bonds is 2. The predicted octanol–water partition coefficient (Wildman–Crippen LogP) is 1.60. The van der Waals surface area contributed by atoms with Gasteiger partial charge >= 0.3 is 6.09 Å². The van der Waals surface area contributed by atoms with Crippen LogP contribution in [0.25, 0.3) is 0 Å². The van der Waals surface area contributed by atoms with Crippen LogP contribution >= 0.6 is 0 Å². The lowest BCUT2D eigenvalue weighted by Crippen LogP contribution is -2.24. The summed E-state index contributed by atoms with van der Waals surface area (Å²) < 4.78 is 0. The molecule has 4 heteroatoms. The first-order valence-electron chi connectivity index (χ1n) is 3.94. The van der Waals surface area contributed by atoms with Gasteiger partial charge in [0.05, 0.1) is 6.04 Å². The zero-order valence-corrected chi connectivity index (χ0v) is 7.32. The average Bonchev–Trinajstić information content (AvgIpc) is 2.04. The second kappa shape index (κ2) is 3.80. The van der Waals surface area contributed by atoms with E-state index < -0.39 is 6.09 Å². The lowest BCUT2D eigenvalue weighted by molar-refractivity contribution is 0.191. The van der Waals surface area contributed by atoms with Crippen molar-refractivity contribution in [3.05, 3.63) is 29.8 Å². The van der Waals surface area contributed by atoms with E-state index in [0.717, 1.165) is 5.56 Å². The Kier molecular flexibility index (Phi) is 2.74. The van der Waals surface area contributed by atoms with Crippen molar-refractivity contribution < 1.29 is 9.90 Å². The van der Waals surface area contributed by atoms with E-state index in [1.165, 1.54) is 0 Å². The van der Waals surface area contributed by atoms with Crippen molar-refractivity contribution in [2.24, 2.45) is 0 Å². The number of hydrogen-bond acceptors (Lipinski definition) is 2. The van der Waals surface area contributed by atoms with Crippen LogP contribution in [0.5, 0.6) is 0 Å². The Balaban J connectivity index is 2.71. The maximum atomic E-state index is 10.3. The van der Waals surface area contributed by atoms with Crippen molar-refractivity contribution in [3.63, 3.8) is 0 Å². The highest BCUT2D eigenvalue weighted by atomic mass is 16.4. The second-order valence-electron chi connectivity index (χ2n) is 2.84. The van der Waals surface area contributed by atoms with Crippen LogP contribution in [0.3, 0.4) is 0 Å². The van der Waals surface area contributed by atoms with E-state index >= 15 is 0 Å². The van der Waals surface area contributed by atoms with Crippen LogP contribution in [0, 0.1) is 0 Å². The molecule has 1 unspecified atom stereocenters. The van der Waals surface area contributed by atoms with Gasteiger partial charge in [0.1, 0.15) is 0 Å². The van der Waals surface area contributed by atoms with Crippen LogP contribution in [-0.2, 0) is 0 Å². The smallest absolute Gasteiger partial charge is 0.405 e. The molecule has 0 saturated heterocycles. The summed E-state index contributed by atoms with van der Waals surface area (Å²) in [7, 11) is 0. The van der Waals surface area contributed by atoms with Crippen molar-refractivity contribution >= 4 is 11.8 Å². The molecule has 4 nitrogen and oxygen atoms in total. The number of nitrogens with two attached hydrogens (primary N) is 1. The highest BCUT2D eigenvalue weighted by molar-refractivity contribution is 5.65. The number of nitrogens with one attached hydrogen (secondary N) is 1. The Bertz CT molecular complexity index is 295. The van der Waals surface area contributed by atoms with Gasteiger partial charge in [-0.1, -0.05) is 12.1 Å². The Labute approximate surface area is 76.4 Å². The Morgan fingerprint density at radius 2 is 2.00 bits per heavy atom. The van der Waals surface area contributed by atoms with E-state index in [4.69, 9.17) is 10.8 Å². The van der Waals surface area contributed by atoms with Gasteiger partial charge in [0.25, 0.3) is 0 Å². The summed E-state index contributed by atoms with van der Waals surface area (Å²) in [5, 5.41) is 10.8. The molecule has 1 amide bonds. The van der Waals surface area contributed by atoms with E-state index in [-0.39, 0.29) is 6.04 Å². The molecule has 1 aromatic rings. The minimum atomic E-state index is -1.02. The Morgan fingerprint density at radius 1 is 1.46 bits per heavy atom. The molecular formula is C9H12N2O2. The van der Waals surface area contributed by atoms with Crippen molar-refractivity contribution in [3.8, 4) is 0 Å². The predicted molar refractivity (Wildman–Crippen MR) is 50.4 cm³/mol. The summed E-state index contributed by atoms with van der Waals surface area (Å²) in [6, 6.07) is 6.88. The number of benzene rings is 1. The van der Waals surface area contributed by atoms with Crippen molar-refractivity contribution in [1.82, 2.24) is 5.32 Å². The monoisotopic (exact) mass is 180 g/mol. The fourth-order valence-corrected chi connectivity index (χ4v) is 1.05. The third kappa shape index (κ3) is 2.66. The standard InChI is InChI=1S/C9H12N2O2/c1-6(11-9(12)13)7-2-4-8(10)5-3-7/h2-6,11H,10H2,1H3,(H,12,13). The lowest BCUT2D eigenvalue weighted by Gasteiger charge is -2.11. The zero-order valence-electron chi connectivity index (χ0n) is 7.32. The molecule has 1 rings (SSSR count). The molecule has 0 saturated carbocycles. The molecule has 1 atom stereocenters. The van der Waals surface area contributed by atoms with Gasteiger partial charge in [0, 0.05) is 5.69 Å². The van der Waals surface area contributed by atoms with E-state index in [1.807, 2.05) is 0 Å². The number of carboxylic acid groups (broad SMARTS) is 1. The lowest BCUT2D eigenvalue weighted by atomic mass is 10.1. The van der Waals surface area contributed by atoms with Crippen LogP contribution in [0.2, 0.25) is 0 Å². The fourth-order valence-electron chi connectivity index (χ4n) is 1.05. The number of anilines is 1. The number of carbonyl (C=O) groups is 1. The molecule has 70 valence electrons. The molecule has 4 N–H and O–H groups in total. The first-order chi connectivity index (χ1) is 6.09. The molecule has 0 aliphatic carbocycles. The van der Waals surface area contributed by atoms with Crippen LogP contribution in [0.15, 0.2) is 24.3 Å². The van der Waals surface area contributed by atoms with E-state index in [1.54, 1.807) is 31.2 Å². The van der Waals surface area contributed by atoms with Crippen molar-refractivity contribution in [2.45, 2.75) is 13.0 Å². The first kappa shape index (κ1) is 9.38. The minimum absolute atomic E-state index is 0.210. The number of nitrogen functional groups attached to an aromatic ring is 1. The molecule has 0 spiro atoms. The van der Waals surface area contributed by atoms with Gasteiger partial charge in [-0.2, -0.15) is 0 Å². The quantitative estimate of drug-likeness (QED) is 0.605. The summed E-state index contributed by atoms with van der Waals surface area (Å²) in [4.78, 5) is 10.3.